The predicted octanol–water partition coefficient (Wildman–Crippen LogP) is 3.60. The van der Waals surface area contributed by atoms with Crippen LogP contribution in [0.3, 0.4) is 0 Å². The molecule has 19 heavy (non-hydrogen) atoms. The molecule has 0 aromatic rings. The smallest absolute Gasteiger partial charge is 0.226 e. The molecule has 0 N–H and O–H groups in total. The fraction of sp³-hybridized carbons (Fsp3) is 0.941. The minimum Gasteiger partial charge on any atom is -0.339 e. The maximum Gasteiger partial charge on any atom is 0.226 e. The number of hydrogen-bond donors (Lipinski definition) is 0. The second kappa shape index (κ2) is 4.79. The SMILES string of the molecule is O=C1C2C3CCC(C3)C2CN1C1CCCCCCC1. The van der Waals surface area contributed by atoms with Crippen molar-refractivity contribution < 1.29 is 4.79 Å². The van der Waals surface area contributed by atoms with Gasteiger partial charge in [-0.2, -0.15) is 0 Å². The van der Waals surface area contributed by atoms with Crippen molar-refractivity contribution in [3.63, 3.8) is 0 Å². The summed E-state index contributed by atoms with van der Waals surface area (Å²) in [6, 6.07) is 0.595. The van der Waals surface area contributed by atoms with Gasteiger partial charge in [0.25, 0.3) is 0 Å². The van der Waals surface area contributed by atoms with Gasteiger partial charge in [-0.05, 0) is 49.9 Å². The fourth-order valence-corrected chi connectivity index (χ4v) is 5.64. The van der Waals surface area contributed by atoms with Crippen LogP contribution in [0.4, 0.5) is 0 Å². The lowest BCUT2D eigenvalue weighted by Crippen LogP contribution is -2.39. The van der Waals surface area contributed by atoms with Crippen LogP contribution in [-0.2, 0) is 4.79 Å². The maximum absolute atomic E-state index is 12.8. The molecule has 2 bridgehead atoms. The van der Waals surface area contributed by atoms with E-state index >= 15 is 0 Å². The van der Waals surface area contributed by atoms with Crippen LogP contribution in [0.5, 0.6) is 0 Å². The highest BCUT2D eigenvalue weighted by molar-refractivity contribution is 5.82. The molecule has 2 heteroatoms. The number of carbonyl (C=O) groups excluding carboxylic acids is 1. The quantitative estimate of drug-likeness (QED) is 0.706. The summed E-state index contributed by atoms with van der Waals surface area (Å²) in [5.74, 6) is 3.42. The Morgan fingerprint density at radius 3 is 2.26 bits per heavy atom. The molecule has 0 aromatic heterocycles. The molecule has 1 saturated heterocycles. The first-order chi connectivity index (χ1) is 9.34. The number of fused-ring (bicyclic) bond motifs is 5. The van der Waals surface area contributed by atoms with Gasteiger partial charge in [-0.1, -0.05) is 32.1 Å². The van der Waals surface area contributed by atoms with E-state index in [9.17, 15) is 4.79 Å². The van der Waals surface area contributed by atoms with Crippen LogP contribution in [-0.4, -0.2) is 23.4 Å². The Morgan fingerprint density at radius 1 is 0.842 bits per heavy atom. The summed E-state index contributed by atoms with van der Waals surface area (Å²) in [6.07, 6.45) is 13.6. The summed E-state index contributed by atoms with van der Waals surface area (Å²) in [7, 11) is 0. The molecule has 2 nitrogen and oxygen atoms in total. The van der Waals surface area contributed by atoms with Gasteiger partial charge in [0.1, 0.15) is 0 Å². The molecule has 0 spiro atoms. The predicted molar refractivity (Wildman–Crippen MR) is 75.6 cm³/mol. The zero-order valence-electron chi connectivity index (χ0n) is 12.0. The molecule has 4 atom stereocenters. The highest BCUT2D eigenvalue weighted by atomic mass is 16.2. The number of rotatable bonds is 1. The standard InChI is InChI=1S/C17H27NO/c19-17-16-13-9-8-12(10-13)15(16)11-18(17)14-6-4-2-1-3-5-7-14/h12-16H,1-11H2. The lowest BCUT2D eigenvalue weighted by molar-refractivity contribution is -0.134. The largest absolute Gasteiger partial charge is 0.339 e. The number of carbonyl (C=O) groups is 1. The normalized spacial score (nSPS) is 43.4. The summed E-state index contributed by atoms with van der Waals surface area (Å²) >= 11 is 0. The van der Waals surface area contributed by atoms with E-state index < -0.39 is 0 Å². The van der Waals surface area contributed by atoms with E-state index in [4.69, 9.17) is 0 Å². The number of nitrogens with zero attached hydrogens (tertiary/aromatic N) is 1. The Labute approximate surface area is 116 Å². The summed E-state index contributed by atoms with van der Waals surface area (Å²) in [5.41, 5.74) is 0. The van der Waals surface area contributed by atoms with Crippen LogP contribution >= 0.6 is 0 Å². The van der Waals surface area contributed by atoms with Crippen molar-refractivity contribution in [3.8, 4) is 0 Å². The average molecular weight is 261 g/mol. The van der Waals surface area contributed by atoms with Crippen molar-refractivity contribution in [2.45, 2.75) is 70.3 Å². The maximum atomic E-state index is 12.8. The Hall–Kier alpha value is -0.530. The molecule has 0 aromatic carbocycles. The summed E-state index contributed by atoms with van der Waals surface area (Å²) in [4.78, 5) is 15.1. The molecule has 106 valence electrons. The van der Waals surface area contributed by atoms with Gasteiger partial charge >= 0.3 is 0 Å². The van der Waals surface area contributed by atoms with Crippen LogP contribution in [0.25, 0.3) is 0 Å². The fourth-order valence-electron chi connectivity index (χ4n) is 5.64. The molecule has 0 radical (unpaired) electrons. The van der Waals surface area contributed by atoms with E-state index in [0.717, 1.165) is 24.3 Å². The molecule has 4 rings (SSSR count). The van der Waals surface area contributed by atoms with Gasteiger partial charge in [0.05, 0.1) is 0 Å². The van der Waals surface area contributed by atoms with Gasteiger partial charge in [-0.3, -0.25) is 4.79 Å². The monoisotopic (exact) mass is 261 g/mol. The molecule has 4 fully saturated rings. The lowest BCUT2D eigenvalue weighted by Gasteiger charge is -2.30. The Balaban J connectivity index is 1.48. The summed E-state index contributed by atoms with van der Waals surface area (Å²) in [6.45, 7) is 1.12. The van der Waals surface area contributed by atoms with Crippen molar-refractivity contribution in [1.82, 2.24) is 4.90 Å². The molecule has 1 heterocycles. The van der Waals surface area contributed by atoms with Gasteiger partial charge in [0, 0.05) is 18.5 Å². The van der Waals surface area contributed by atoms with E-state index in [2.05, 4.69) is 4.90 Å². The Bertz CT molecular complexity index is 358. The van der Waals surface area contributed by atoms with E-state index in [-0.39, 0.29) is 0 Å². The van der Waals surface area contributed by atoms with Gasteiger partial charge < -0.3 is 4.90 Å². The van der Waals surface area contributed by atoms with Crippen LogP contribution < -0.4 is 0 Å². The zero-order chi connectivity index (χ0) is 12.8. The van der Waals surface area contributed by atoms with Crippen LogP contribution in [0, 0.1) is 23.7 Å². The molecular weight excluding hydrogens is 234 g/mol. The molecule has 3 aliphatic carbocycles. The first-order valence-electron chi connectivity index (χ1n) is 8.65. The number of amides is 1. The molecule has 4 aliphatic rings. The van der Waals surface area contributed by atoms with Crippen LogP contribution in [0.1, 0.15) is 64.2 Å². The third-order valence-corrected chi connectivity index (χ3v) is 6.58. The molecule has 1 aliphatic heterocycles. The minimum absolute atomic E-state index is 0.448. The third kappa shape index (κ3) is 1.94. The molecular formula is C17H27NO. The van der Waals surface area contributed by atoms with Crippen molar-refractivity contribution in [2.24, 2.45) is 23.7 Å². The second-order valence-corrected chi connectivity index (χ2v) is 7.51. The van der Waals surface area contributed by atoms with Gasteiger partial charge in [0.15, 0.2) is 0 Å². The van der Waals surface area contributed by atoms with Gasteiger partial charge in [-0.25, -0.2) is 0 Å². The topological polar surface area (TPSA) is 20.3 Å². The lowest BCUT2D eigenvalue weighted by atomic mass is 9.81. The number of hydrogen-bond acceptors (Lipinski definition) is 1. The van der Waals surface area contributed by atoms with Crippen molar-refractivity contribution in [1.29, 1.82) is 0 Å². The molecule has 1 amide bonds. The van der Waals surface area contributed by atoms with Crippen molar-refractivity contribution >= 4 is 5.91 Å². The van der Waals surface area contributed by atoms with Crippen LogP contribution in [0.2, 0.25) is 0 Å². The highest BCUT2D eigenvalue weighted by Gasteiger charge is 2.56. The molecule has 4 unspecified atom stereocenters. The van der Waals surface area contributed by atoms with Crippen LogP contribution in [0.15, 0.2) is 0 Å². The van der Waals surface area contributed by atoms with E-state index in [0.29, 0.717) is 17.9 Å². The number of likely N-dealkylation sites (tertiary alicyclic amines) is 1. The zero-order valence-corrected chi connectivity index (χ0v) is 12.0. The van der Waals surface area contributed by atoms with E-state index in [1.54, 1.807) is 0 Å². The first kappa shape index (κ1) is 12.2. The average Bonchev–Trinajstić information content (AvgIpc) is 3.02. The van der Waals surface area contributed by atoms with Crippen molar-refractivity contribution in [3.05, 3.63) is 0 Å². The highest BCUT2D eigenvalue weighted by Crippen LogP contribution is 2.56. The summed E-state index contributed by atoms with van der Waals surface area (Å²) in [5, 5.41) is 0. The van der Waals surface area contributed by atoms with E-state index in [1.807, 2.05) is 0 Å². The Morgan fingerprint density at radius 2 is 1.53 bits per heavy atom. The summed E-state index contributed by atoms with van der Waals surface area (Å²) < 4.78 is 0. The second-order valence-electron chi connectivity index (χ2n) is 7.51. The third-order valence-electron chi connectivity index (χ3n) is 6.58. The molecule has 3 saturated carbocycles. The Kier molecular flexibility index (Phi) is 3.08. The minimum atomic E-state index is 0.448. The first-order valence-corrected chi connectivity index (χ1v) is 8.65. The van der Waals surface area contributed by atoms with E-state index in [1.165, 1.54) is 64.2 Å². The van der Waals surface area contributed by atoms with Gasteiger partial charge in [0.2, 0.25) is 5.91 Å². The van der Waals surface area contributed by atoms with Gasteiger partial charge in [-0.15, -0.1) is 0 Å². The van der Waals surface area contributed by atoms with Crippen molar-refractivity contribution in [2.75, 3.05) is 6.54 Å².